The van der Waals surface area contributed by atoms with Crippen LogP contribution in [0.25, 0.3) is 0 Å². The summed E-state index contributed by atoms with van der Waals surface area (Å²) >= 11 is 0. The molecule has 0 aromatic heterocycles. The van der Waals surface area contributed by atoms with E-state index in [9.17, 15) is 0 Å². The lowest BCUT2D eigenvalue weighted by Crippen LogP contribution is -2.05. The highest BCUT2D eigenvalue weighted by atomic mass is 16.5. The number of nitrogens with one attached hydrogen (secondary N) is 1. The molecule has 3 nitrogen and oxygen atoms in total. The molecule has 0 unspecified atom stereocenters. The maximum atomic E-state index is 6.20. The number of ether oxygens (including phenoxy) is 2. The van der Waals surface area contributed by atoms with Crippen molar-refractivity contribution in [3.8, 4) is 11.5 Å². The quantitative estimate of drug-likeness (QED) is 0.413. The van der Waals surface area contributed by atoms with E-state index in [4.69, 9.17) is 9.47 Å². The summed E-state index contributed by atoms with van der Waals surface area (Å²) in [6.07, 6.45) is 2.62. The van der Waals surface area contributed by atoms with E-state index in [0.29, 0.717) is 13.2 Å². The van der Waals surface area contributed by atoms with E-state index < -0.39 is 0 Å². The lowest BCUT2D eigenvalue weighted by molar-refractivity contribution is 0.281. The van der Waals surface area contributed by atoms with Gasteiger partial charge >= 0.3 is 0 Å². The zero-order valence-corrected chi connectivity index (χ0v) is 18.4. The second kappa shape index (κ2) is 10.0. The first-order chi connectivity index (χ1) is 14.5. The molecule has 3 aromatic rings. The lowest BCUT2D eigenvalue weighted by Gasteiger charge is -2.18. The Morgan fingerprint density at radius 2 is 1.73 bits per heavy atom. The third-order valence-corrected chi connectivity index (χ3v) is 5.37. The molecule has 0 aliphatic rings. The van der Waals surface area contributed by atoms with Crippen LogP contribution >= 0.6 is 0 Å². The van der Waals surface area contributed by atoms with E-state index >= 15 is 0 Å². The Bertz CT molecular complexity index is 1010. The number of methoxy groups -OCH3 is 1. The number of aryl methyl sites for hydroxylation is 2. The molecule has 1 N–H and O–H groups in total. The van der Waals surface area contributed by atoms with Crippen LogP contribution in [0.1, 0.15) is 33.4 Å². The van der Waals surface area contributed by atoms with Crippen molar-refractivity contribution in [2.24, 2.45) is 0 Å². The number of hydrogen-bond acceptors (Lipinski definition) is 3. The van der Waals surface area contributed by atoms with Gasteiger partial charge in [-0.3, -0.25) is 0 Å². The largest absolute Gasteiger partial charge is 0.493 e. The first-order valence-electron chi connectivity index (χ1n) is 10.3. The fourth-order valence-corrected chi connectivity index (χ4v) is 3.43. The molecule has 0 radical (unpaired) electrons. The number of anilines is 1. The maximum absolute atomic E-state index is 6.20. The molecule has 3 heteroatoms. The Morgan fingerprint density at radius 1 is 0.967 bits per heavy atom. The van der Waals surface area contributed by atoms with Gasteiger partial charge in [-0.15, -0.1) is 6.58 Å². The molecule has 0 fully saturated rings. The van der Waals surface area contributed by atoms with Gasteiger partial charge in [-0.05, 0) is 67.6 Å². The highest BCUT2D eigenvalue weighted by Crippen LogP contribution is 2.34. The van der Waals surface area contributed by atoms with Crippen LogP contribution in [-0.2, 0) is 19.6 Å². The van der Waals surface area contributed by atoms with Gasteiger partial charge in [0.2, 0.25) is 0 Å². The molecule has 0 heterocycles. The Morgan fingerprint density at radius 3 is 2.43 bits per heavy atom. The van der Waals surface area contributed by atoms with Crippen molar-refractivity contribution >= 4 is 5.69 Å². The summed E-state index contributed by atoms with van der Waals surface area (Å²) in [5.74, 6) is 1.53. The summed E-state index contributed by atoms with van der Waals surface area (Å²) in [4.78, 5) is 0. The van der Waals surface area contributed by atoms with Crippen molar-refractivity contribution in [1.29, 1.82) is 0 Å². The summed E-state index contributed by atoms with van der Waals surface area (Å²) in [6.45, 7) is 11.5. The predicted molar refractivity (Wildman–Crippen MR) is 126 cm³/mol. The molecule has 0 atom stereocenters. The van der Waals surface area contributed by atoms with Gasteiger partial charge in [0.1, 0.15) is 6.61 Å². The van der Waals surface area contributed by atoms with Gasteiger partial charge in [0.15, 0.2) is 11.5 Å². The SMILES string of the molecule is C=CCc1cc(CNc2cccc(C)c2C)cc(OC)c1OCc1ccc(C)cc1. The molecule has 30 heavy (non-hydrogen) atoms. The van der Waals surface area contributed by atoms with Crippen molar-refractivity contribution < 1.29 is 9.47 Å². The molecule has 156 valence electrons. The zero-order chi connectivity index (χ0) is 21.5. The number of allylic oxidation sites excluding steroid dienone is 1. The topological polar surface area (TPSA) is 30.5 Å². The fraction of sp³-hybridized carbons (Fsp3) is 0.259. The summed E-state index contributed by atoms with van der Waals surface area (Å²) in [7, 11) is 1.69. The summed E-state index contributed by atoms with van der Waals surface area (Å²) in [5, 5.41) is 3.55. The van der Waals surface area contributed by atoms with Crippen LogP contribution in [0.2, 0.25) is 0 Å². The lowest BCUT2D eigenvalue weighted by atomic mass is 10.0. The van der Waals surface area contributed by atoms with Gasteiger partial charge in [-0.1, -0.05) is 48.0 Å². The van der Waals surface area contributed by atoms with Crippen LogP contribution in [-0.4, -0.2) is 7.11 Å². The number of rotatable bonds is 9. The second-order valence-electron chi connectivity index (χ2n) is 7.65. The molecule has 0 bridgehead atoms. The third kappa shape index (κ3) is 5.24. The Kier molecular flexibility index (Phi) is 7.18. The van der Waals surface area contributed by atoms with Gasteiger partial charge in [0, 0.05) is 17.8 Å². The Labute approximate surface area is 180 Å². The van der Waals surface area contributed by atoms with E-state index in [1.807, 2.05) is 6.08 Å². The summed E-state index contributed by atoms with van der Waals surface area (Å²) in [6, 6.07) is 18.9. The van der Waals surface area contributed by atoms with E-state index in [-0.39, 0.29) is 0 Å². The van der Waals surface area contributed by atoms with Crippen LogP contribution in [0.3, 0.4) is 0 Å². The van der Waals surface area contributed by atoms with E-state index in [0.717, 1.165) is 40.3 Å². The van der Waals surface area contributed by atoms with Gasteiger partial charge in [0.05, 0.1) is 7.11 Å². The monoisotopic (exact) mass is 401 g/mol. The van der Waals surface area contributed by atoms with Gasteiger partial charge < -0.3 is 14.8 Å². The van der Waals surface area contributed by atoms with Crippen molar-refractivity contribution in [3.63, 3.8) is 0 Å². The first-order valence-corrected chi connectivity index (χ1v) is 10.3. The zero-order valence-electron chi connectivity index (χ0n) is 18.4. The van der Waals surface area contributed by atoms with Crippen LogP contribution in [0.4, 0.5) is 5.69 Å². The molecule has 0 amide bonds. The molecule has 0 spiro atoms. The molecular formula is C27H31NO2. The molecule has 0 aliphatic carbocycles. The molecule has 0 saturated heterocycles. The molecule has 3 rings (SSSR count). The van der Waals surface area contributed by atoms with Crippen molar-refractivity contribution in [2.75, 3.05) is 12.4 Å². The minimum Gasteiger partial charge on any atom is -0.493 e. The standard InChI is InChI=1S/C27H31NO2/c1-6-8-24-15-23(17-28-25-10-7-9-20(3)21(25)4)16-26(29-5)27(24)30-18-22-13-11-19(2)12-14-22/h6-7,9-16,28H,1,8,17-18H2,2-5H3. The van der Waals surface area contributed by atoms with Crippen LogP contribution in [0.15, 0.2) is 67.3 Å². The molecule has 0 aliphatic heterocycles. The normalized spacial score (nSPS) is 10.5. The molecular weight excluding hydrogens is 370 g/mol. The van der Waals surface area contributed by atoms with Crippen LogP contribution in [0, 0.1) is 20.8 Å². The number of benzene rings is 3. The fourth-order valence-electron chi connectivity index (χ4n) is 3.43. The Balaban J connectivity index is 1.82. The van der Waals surface area contributed by atoms with Gasteiger partial charge in [0.25, 0.3) is 0 Å². The van der Waals surface area contributed by atoms with Crippen LogP contribution in [0.5, 0.6) is 11.5 Å². The van der Waals surface area contributed by atoms with Crippen LogP contribution < -0.4 is 14.8 Å². The number of hydrogen-bond donors (Lipinski definition) is 1. The summed E-state index contributed by atoms with van der Waals surface area (Å²) in [5.41, 5.74) is 8.30. The van der Waals surface area contributed by atoms with E-state index in [2.05, 4.69) is 87.3 Å². The van der Waals surface area contributed by atoms with Crippen molar-refractivity contribution in [3.05, 3.63) is 101 Å². The summed E-state index contributed by atoms with van der Waals surface area (Å²) < 4.78 is 11.9. The molecule has 3 aromatic carbocycles. The minimum atomic E-state index is 0.501. The highest BCUT2D eigenvalue weighted by Gasteiger charge is 2.13. The average Bonchev–Trinajstić information content (AvgIpc) is 2.75. The first kappa shape index (κ1) is 21.5. The second-order valence-corrected chi connectivity index (χ2v) is 7.65. The molecule has 0 saturated carbocycles. The maximum Gasteiger partial charge on any atom is 0.165 e. The van der Waals surface area contributed by atoms with E-state index in [1.165, 1.54) is 16.7 Å². The Hall–Kier alpha value is -3.20. The highest BCUT2D eigenvalue weighted by molar-refractivity contribution is 5.55. The van der Waals surface area contributed by atoms with Gasteiger partial charge in [-0.2, -0.15) is 0 Å². The van der Waals surface area contributed by atoms with Crippen molar-refractivity contribution in [1.82, 2.24) is 0 Å². The van der Waals surface area contributed by atoms with Gasteiger partial charge in [-0.25, -0.2) is 0 Å². The third-order valence-electron chi connectivity index (χ3n) is 5.37. The smallest absolute Gasteiger partial charge is 0.165 e. The average molecular weight is 402 g/mol. The minimum absolute atomic E-state index is 0.501. The van der Waals surface area contributed by atoms with Crippen molar-refractivity contribution in [2.45, 2.75) is 40.3 Å². The predicted octanol–water partition coefficient (Wildman–Crippen LogP) is 6.54. The van der Waals surface area contributed by atoms with E-state index in [1.54, 1.807) is 7.11 Å².